The molecule has 0 saturated heterocycles. The number of nitrogens with zero attached hydrogens (tertiary/aromatic N) is 3. The van der Waals surface area contributed by atoms with E-state index in [0.29, 0.717) is 5.56 Å². The number of ketones is 1. The van der Waals surface area contributed by atoms with Gasteiger partial charge in [-0.2, -0.15) is 5.10 Å². The summed E-state index contributed by atoms with van der Waals surface area (Å²) in [6.07, 6.45) is 3.40. The molecule has 0 spiro atoms. The van der Waals surface area contributed by atoms with Gasteiger partial charge in [0.2, 0.25) is 0 Å². The molecule has 1 aromatic carbocycles. The average molecular weight is 311 g/mol. The number of carbonyl (C=O) groups excluding carboxylic acids is 1. The number of hydrogen-bond donors (Lipinski definition) is 0. The third kappa shape index (κ3) is 2.99. The maximum atomic E-state index is 13.4. The van der Waals surface area contributed by atoms with Crippen LogP contribution >= 0.6 is 0 Å². The van der Waals surface area contributed by atoms with Crippen molar-refractivity contribution in [3.63, 3.8) is 0 Å². The van der Waals surface area contributed by atoms with Crippen molar-refractivity contribution in [3.05, 3.63) is 48.0 Å². The number of halogens is 1. The Labute approximate surface area is 134 Å². The van der Waals surface area contributed by atoms with Crippen LogP contribution in [0.2, 0.25) is 0 Å². The van der Waals surface area contributed by atoms with E-state index in [9.17, 15) is 9.18 Å². The smallest absolute Gasteiger partial charge is 0.156 e. The van der Waals surface area contributed by atoms with E-state index in [1.807, 2.05) is 19.9 Å². The normalized spacial score (nSPS) is 11.3. The lowest BCUT2D eigenvalue weighted by Crippen LogP contribution is -2.16. The lowest BCUT2D eigenvalue weighted by atomic mass is 10.0. The zero-order chi connectivity index (χ0) is 16.6. The fraction of sp³-hybridized carbons (Fsp3) is 0.278. The molecule has 3 rings (SSSR count). The van der Waals surface area contributed by atoms with Crippen LogP contribution in [0.1, 0.15) is 19.4 Å². The lowest BCUT2D eigenvalue weighted by molar-refractivity contribution is -0.122. The molecule has 0 bridgehead atoms. The van der Waals surface area contributed by atoms with Gasteiger partial charge in [-0.25, -0.2) is 4.39 Å². The van der Waals surface area contributed by atoms with Crippen LogP contribution in [0.5, 0.6) is 0 Å². The largest absolute Gasteiger partial charge is 0.297 e. The fourth-order valence-electron chi connectivity index (χ4n) is 2.39. The molecule has 0 aliphatic rings. The summed E-state index contributed by atoms with van der Waals surface area (Å²) in [6, 6.07) is 6.91. The molecule has 0 radical (unpaired) electrons. The first kappa shape index (κ1) is 15.3. The van der Waals surface area contributed by atoms with Crippen LogP contribution in [-0.2, 0) is 11.3 Å². The number of fused-ring (bicyclic) bond motifs is 1. The highest BCUT2D eigenvalue weighted by Gasteiger charge is 2.12. The first-order valence-corrected chi connectivity index (χ1v) is 7.56. The molecule has 0 amide bonds. The van der Waals surface area contributed by atoms with Crippen molar-refractivity contribution in [2.45, 2.75) is 27.3 Å². The number of Topliss-reactive ketones (excluding diaryl/α,β-unsaturated/α-hetero) is 1. The SMILES string of the molecule is Cc1cc(-c2cnc3cnn(CC(=O)C(C)C)c3c2)ccc1F. The van der Waals surface area contributed by atoms with Gasteiger partial charge in [-0.1, -0.05) is 19.9 Å². The molecule has 0 saturated carbocycles. The second-order valence-electron chi connectivity index (χ2n) is 6.02. The van der Waals surface area contributed by atoms with Crippen LogP contribution in [0.25, 0.3) is 22.2 Å². The average Bonchev–Trinajstić information content (AvgIpc) is 2.92. The van der Waals surface area contributed by atoms with Gasteiger partial charge in [0.25, 0.3) is 0 Å². The highest BCUT2D eigenvalue weighted by molar-refractivity contribution is 5.84. The number of aromatic nitrogens is 3. The monoisotopic (exact) mass is 311 g/mol. The standard InChI is InChI=1S/C18H18FN3O/c1-11(2)18(23)10-22-17-7-14(8-20-16(17)9-21-22)13-4-5-15(19)12(3)6-13/h4-9,11H,10H2,1-3H3. The van der Waals surface area contributed by atoms with Crippen molar-refractivity contribution >= 4 is 16.8 Å². The van der Waals surface area contributed by atoms with Crippen LogP contribution in [0.4, 0.5) is 4.39 Å². The minimum absolute atomic E-state index is 0.0369. The molecule has 118 valence electrons. The summed E-state index contributed by atoms with van der Waals surface area (Å²) in [5, 5.41) is 4.26. The Bertz CT molecular complexity index is 883. The van der Waals surface area contributed by atoms with E-state index in [0.717, 1.165) is 22.2 Å². The third-order valence-electron chi connectivity index (χ3n) is 3.94. The Morgan fingerprint density at radius 2 is 2.00 bits per heavy atom. The van der Waals surface area contributed by atoms with Gasteiger partial charge < -0.3 is 0 Å². The Hall–Kier alpha value is -2.56. The van der Waals surface area contributed by atoms with Gasteiger partial charge in [0.05, 0.1) is 11.7 Å². The van der Waals surface area contributed by atoms with E-state index >= 15 is 0 Å². The second kappa shape index (κ2) is 5.91. The number of hydrogen-bond acceptors (Lipinski definition) is 3. The number of benzene rings is 1. The van der Waals surface area contributed by atoms with Gasteiger partial charge in [-0.3, -0.25) is 14.5 Å². The van der Waals surface area contributed by atoms with Crippen molar-refractivity contribution < 1.29 is 9.18 Å². The summed E-state index contributed by atoms with van der Waals surface area (Å²) >= 11 is 0. The van der Waals surface area contributed by atoms with Crippen molar-refractivity contribution in [2.75, 3.05) is 0 Å². The minimum atomic E-state index is -0.227. The molecule has 23 heavy (non-hydrogen) atoms. The zero-order valence-electron chi connectivity index (χ0n) is 13.4. The molecule has 0 unspecified atom stereocenters. The first-order chi connectivity index (χ1) is 11.0. The molecule has 0 aliphatic carbocycles. The highest BCUT2D eigenvalue weighted by atomic mass is 19.1. The molecule has 4 nitrogen and oxygen atoms in total. The molecular formula is C18H18FN3O. The van der Waals surface area contributed by atoms with Crippen LogP contribution in [-0.4, -0.2) is 20.5 Å². The van der Waals surface area contributed by atoms with Gasteiger partial charge in [-0.05, 0) is 36.2 Å². The summed E-state index contributed by atoms with van der Waals surface area (Å²) in [4.78, 5) is 16.4. The summed E-state index contributed by atoms with van der Waals surface area (Å²) in [5.74, 6) is -0.140. The van der Waals surface area contributed by atoms with Gasteiger partial charge in [0.15, 0.2) is 5.78 Å². The molecule has 3 aromatic rings. The van der Waals surface area contributed by atoms with E-state index in [-0.39, 0.29) is 24.1 Å². The zero-order valence-corrected chi connectivity index (χ0v) is 13.4. The van der Waals surface area contributed by atoms with Crippen molar-refractivity contribution in [3.8, 4) is 11.1 Å². The van der Waals surface area contributed by atoms with Crippen molar-refractivity contribution in [2.24, 2.45) is 5.92 Å². The van der Waals surface area contributed by atoms with Crippen LogP contribution in [0, 0.1) is 18.7 Å². The molecule has 0 fully saturated rings. The second-order valence-corrected chi connectivity index (χ2v) is 6.02. The Morgan fingerprint density at radius 3 is 2.70 bits per heavy atom. The number of pyridine rings is 1. The van der Waals surface area contributed by atoms with E-state index in [4.69, 9.17) is 0 Å². The van der Waals surface area contributed by atoms with Crippen LogP contribution in [0.3, 0.4) is 0 Å². The Balaban J connectivity index is 2.03. The molecule has 0 aliphatic heterocycles. The van der Waals surface area contributed by atoms with E-state index in [1.54, 1.807) is 36.1 Å². The van der Waals surface area contributed by atoms with E-state index in [1.165, 1.54) is 6.07 Å². The van der Waals surface area contributed by atoms with Crippen molar-refractivity contribution in [1.82, 2.24) is 14.8 Å². The molecule has 0 atom stereocenters. The van der Waals surface area contributed by atoms with Gasteiger partial charge in [0.1, 0.15) is 17.9 Å². The number of rotatable bonds is 4. The summed E-state index contributed by atoms with van der Waals surface area (Å²) in [6.45, 7) is 5.71. The number of carbonyl (C=O) groups is 1. The van der Waals surface area contributed by atoms with E-state index < -0.39 is 0 Å². The molecule has 0 N–H and O–H groups in total. The molecule has 5 heteroatoms. The van der Waals surface area contributed by atoms with Crippen LogP contribution in [0.15, 0.2) is 36.7 Å². The van der Waals surface area contributed by atoms with E-state index in [2.05, 4.69) is 10.1 Å². The van der Waals surface area contributed by atoms with Crippen LogP contribution < -0.4 is 0 Å². The van der Waals surface area contributed by atoms with Crippen molar-refractivity contribution in [1.29, 1.82) is 0 Å². The summed E-state index contributed by atoms with van der Waals surface area (Å²) < 4.78 is 15.1. The fourth-order valence-corrected chi connectivity index (χ4v) is 2.39. The summed E-state index contributed by atoms with van der Waals surface area (Å²) in [7, 11) is 0. The Morgan fingerprint density at radius 1 is 1.22 bits per heavy atom. The predicted octanol–water partition coefficient (Wildman–Crippen LogP) is 3.77. The topological polar surface area (TPSA) is 47.8 Å². The lowest BCUT2D eigenvalue weighted by Gasteiger charge is -2.07. The third-order valence-corrected chi connectivity index (χ3v) is 3.94. The molecular weight excluding hydrogens is 293 g/mol. The number of aryl methyl sites for hydroxylation is 1. The molecule has 2 aromatic heterocycles. The minimum Gasteiger partial charge on any atom is -0.297 e. The first-order valence-electron chi connectivity index (χ1n) is 7.56. The van der Waals surface area contributed by atoms with Gasteiger partial charge in [0, 0.05) is 17.7 Å². The quantitative estimate of drug-likeness (QED) is 0.737. The highest BCUT2D eigenvalue weighted by Crippen LogP contribution is 2.24. The molecule has 2 heterocycles. The van der Waals surface area contributed by atoms with Gasteiger partial charge >= 0.3 is 0 Å². The maximum Gasteiger partial charge on any atom is 0.156 e. The predicted molar refractivity (Wildman–Crippen MR) is 87.5 cm³/mol. The van der Waals surface area contributed by atoms with Gasteiger partial charge in [-0.15, -0.1) is 0 Å². The summed E-state index contributed by atoms with van der Waals surface area (Å²) in [5.41, 5.74) is 3.90. The Kier molecular flexibility index (Phi) is 3.94. The maximum absolute atomic E-state index is 13.4.